The van der Waals surface area contributed by atoms with Crippen LogP contribution in [0.15, 0.2) is 58.5 Å². The molecule has 0 spiro atoms. The molecule has 2 rings (SSSR count). The zero-order valence-electron chi connectivity index (χ0n) is 36.6. The number of nitrogens with zero attached hydrogens (tertiary/aromatic N) is 2. The van der Waals surface area contributed by atoms with Crippen LogP contribution in [0.1, 0.15) is 218 Å². The van der Waals surface area contributed by atoms with Crippen LogP contribution < -0.4 is 0 Å². The van der Waals surface area contributed by atoms with E-state index in [9.17, 15) is 0 Å². The molecule has 0 heterocycles. The normalized spacial score (nSPS) is 11.4. The van der Waals surface area contributed by atoms with Crippen molar-refractivity contribution in [3.63, 3.8) is 0 Å². The Morgan fingerprint density at radius 3 is 1.23 bits per heavy atom. The van der Waals surface area contributed by atoms with Crippen LogP contribution in [-0.2, 0) is 33.3 Å². The maximum absolute atomic E-state index is 5.63. The predicted molar refractivity (Wildman–Crippen MR) is 250 cm³/mol. The van der Waals surface area contributed by atoms with E-state index in [1.807, 2.05) is 6.07 Å². The van der Waals surface area contributed by atoms with Gasteiger partial charge >= 0.3 is 0 Å². The molecule has 0 radical (unpaired) electrons. The second kappa shape index (κ2) is 38.6. The minimum atomic E-state index is 0. The molecule has 0 fully saturated rings. The van der Waals surface area contributed by atoms with Crippen molar-refractivity contribution in [3.8, 4) is 36.5 Å². The van der Waals surface area contributed by atoms with E-state index in [-0.39, 0.29) is 20.4 Å². The number of benzene rings is 2. The Bertz CT molecular complexity index is 1480. The molecule has 0 saturated carbocycles. The Labute approximate surface area is 366 Å². The Morgan fingerprint density at radius 2 is 0.825 bits per heavy atom. The van der Waals surface area contributed by atoms with Gasteiger partial charge in [-0.3, -0.25) is 4.99 Å². The third kappa shape index (κ3) is 27.4. The second-order valence-corrected chi connectivity index (χ2v) is 16.0. The van der Waals surface area contributed by atoms with Crippen LogP contribution in [0.2, 0.25) is 0 Å². The Morgan fingerprint density at radius 1 is 0.456 bits per heavy atom. The molecule has 0 atom stereocenters. The third-order valence-corrected chi connectivity index (χ3v) is 11.0. The maximum Gasteiger partial charge on any atom is 0.135 e. The number of hydrogen-bond donors (Lipinski definition) is 0. The van der Waals surface area contributed by atoms with Crippen molar-refractivity contribution in [2.45, 2.75) is 219 Å². The van der Waals surface area contributed by atoms with Gasteiger partial charge in [0, 0.05) is 39.7 Å². The van der Waals surface area contributed by atoms with Crippen molar-refractivity contribution >= 4 is 22.8 Å². The van der Waals surface area contributed by atoms with Crippen LogP contribution in [0.4, 0.5) is 11.4 Å². The average molecular weight is 864 g/mol. The third-order valence-electron chi connectivity index (χ3n) is 11.0. The molecule has 2 aromatic rings. The van der Waals surface area contributed by atoms with E-state index in [4.69, 9.17) is 22.8 Å². The van der Waals surface area contributed by atoms with Crippen LogP contribution in [-0.4, -0.2) is 11.4 Å². The fourth-order valence-corrected chi connectivity index (χ4v) is 7.40. The Hall–Kier alpha value is -2.88. The van der Waals surface area contributed by atoms with Gasteiger partial charge in [0.15, 0.2) is 0 Å². The minimum absolute atomic E-state index is 0. The second-order valence-electron chi connectivity index (χ2n) is 16.0. The van der Waals surface area contributed by atoms with Gasteiger partial charge in [0.05, 0.1) is 17.1 Å². The summed E-state index contributed by atoms with van der Waals surface area (Å²) >= 11 is 0. The van der Waals surface area contributed by atoms with Gasteiger partial charge in [0.25, 0.3) is 0 Å². The zero-order valence-corrected chi connectivity index (χ0v) is 38.2. The molecule has 0 saturated heterocycles. The fraction of sp³-hybridized carbons (Fsp3) is 0.630. The summed E-state index contributed by atoms with van der Waals surface area (Å²) in [5.74, 6) is 12.6. The molecule has 0 aliphatic heterocycles. The van der Waals surface area contributed by atoms with Gasteiger partial charge in [-0.1, -0.05) is 210 Å². The van der Waals surface area contributed by atoms with Crippen molar-refractivity contribution in [3.05, 3.63) is 59.7 Å². The topological polar surface area (TPSA) is 24.7 Å². The van der Waals surface area contributed by atoms with Crippen LogP contribution in [0.25, 0.3) is 0 Å². The summed E-state index contributed by atoms with van der Waals surface area (Å²) in [7, 11) is 0. The number of aliphatic imine (C=N–C) groups is 2. The number of hydrogen-bond acceptors (Lipinski definition) is 2. The summed E-state index contributed by atoms with van der Waals surface area (Å²) in [4.78, 5) is 10.4. The average Bonchev–Trinajstić information content (AvgIpc) is 3.22. The quantitative estimate of drug-likeness (QED) is 0.0290. The summed E-state index contributed by atoms with van der Waals surface area (Å²) in [5, 5.41) is 0. The van der Waals surface area contributed by atoms with Crippen LogP contribution in [0.5, 0.6) is 0 Å². The number of unbranched alkanes of at least 4 members (excludes halogenated alkanes) is 25. The number of para-hydroxylation sites is 2. The van der Waals surface area contributed by atoms with Crippen molar-refractivity contribution in [1.29, 1.82) is 0 Å². The summed E-state index contributed by atoms with van der Waals surface area (Å²) in [6, 6.07) is 16.6. The van der Waals surface area contributed by atoms with Crippen molar-refractivity contribution in [1.82, 2.24) is 0 Å². The van der Waals surface area contributed by atoms with Crippen LogP contribution >= 0.6 is 0 Å². The first-order chi connectivity index (χ1) is 27.7. The van der Waals surface area contributed by atoms with Crippen molar-refractivity contribution in [2.24, 2.45) is 9.98 Å². The van der Waals surface area contributed by atoms with Crippen molar-refractivity contribution in [2.75, 3.05) is 0 Å². The molecule has 3 heteroatoms. The summed E-state index contributed by atoms with van der Waals surface area (Å²) in [6.07, 6.45) is 51.9. The number of aryl methyl sites for hydroxylation is 2. The van der Waals surface area contributed by atoms with Gasteiger partial charge in [0.1, 0.15) is 5.71 Å². The number of rotatable bonds is 34. The zero-order chi connectivity index (χ0) is 40.0. The van der Waals surface area contributed by atoms with Gasteiger partial charge < -0.3 is 0 Å². The van der Waals surface area contributed by atoms with Gasteiger partial charge in [0.2, 0.25) is 0 Å². The van der Waals surface area contributed by atoms with E-state index in [1.54, 1.807) is 0 Å². The van der Waals surface area contributed by atoms with Gasteiger partial charge in [-0.15, -0.1) is 24.7 Å². The molecular formula is C54H80N2Pd. The maximum atomic E-state index is 5.63. The van der Waals surface area contributed by atoms with E-state index >= 15 is 0 Å². The first-order valence-electron chi connectivity index (χ1n) is 23.4. The number of terminal acetylenes is 2. The first-order valence-corrected chi connectivity index (χ1v) is 23.4. The molecule has 0 aromatic heterocycles. The predicted octanol–water partition coefficient (Wildman–Crippen LogP) is 16.6. The van der Waals surface area contributed by atoms with Crippen LogP contribution in [0.3, 0.4) is 0 Å². The smallest absolute Gasteiger partial charge is 0.135 e. The van der Waals surface area contributed by atoms with Crippen LogP contribution in [0, 0.1) is 36.5 Å². The van der Waals surface area contributed by atoms with Crippen molar-refractivity contribution < 1.29 is 20.4 Å². The van der Waals surface area contributed by atoms with E-state index in [1.165, 1.54) is 153 Å². The molecular weight excluding hydrogens is 783 g/mol. The monoisotopic (exact) mass is 863 g/mol. The first kappa shape index (κ1) is 52.1. The fourth-order valence-electron chi connectivity index (χ4n) is 7.40. The molecule has 2 nitrogen and oxygen atoms in total. The molecule has 0 aliphatic carbocycles. The molecule has 0 amide bonds. The summed E-state index contributed by atoms with van der Waals surface area (Å²) in [5.41, 5.74) is 5.96. The molecule has 0 bridgehead atoms. The minimum Gasteiger partial charge on any atom is -0.250 e. The molecule has 2 aromatic carbocycles. The standard InChI is InChI=1S/C54H80N2.Pd/c1-5-9-13-14-15-16-17-18-19-20-21-22-23-24-25-26-27-28-29-30-31-32-33-34-35-36-48-54(56-52-47-40-38-44-50(52)42-11-7-3)53(45-12-8-4)55-51-46-39-37-43-49(51)41-10-6-2;/h2-3,37-40,43-44,46-47H,5,8-35,41-42,45H2,1,4H3;/b55-53+,56-54+;. The summed E-state index contributed by atoms with van der Waals surface area (Å²) in [6.45, 7) is 4.52. The molecule has 57 heavy (non-hydrogen) atoms. The summed E-state index contributed by atoms with van der Waals surface area (Å²) < 4.78 is 0. The largest absolute Gasteiger partial charge is 0.250 e. The van der Waals surface area contributed by atoms with Gasteiger partial charge in [-0.2, -0.15) is 0 Å². The Balaban J connectivity index is 0.0000162. The van der Waals surface area contributed by atoms with E-state index in [0.29, 0.717) is 12.8 Å². The Kier molecular flexibility index (Phi) is 35.3. The van der Waals surface area contributed by atoms with E-state index in [0.717, 1.165) is 73.3 Å². The molecule has 316 valence electrons. The van der Waals surface area contributed by atoms with Gasteiger partial charge in [-0.05, 0) is 61.3 Å². The molecule has 0 N–H and O–H groups in total. The van der Waals surface area contributed by atoms with Gasteiger partial charge in [-0.25, -0.2) is 4.99 Å². The molecule has 0 aliphatic rings. The SMILES string of the molecule is C#CCCc1ccccc1/N=C(C#CCCCCCCCCCCCCCCCCCCCCCCCCCC)/C(CCCC)=N/c1ccccc1CCC#C.[Pd]. The molecule has 0 unspecified atom stereocenters. The van der Waals surface area contributed by atoms with E-state index < -0.39 is 0 Å². The van der Waals surface area contributed by atoms with E-state index in [2.05, 4.69) is 80.0 Å².